The molecule has 174 valence electrons. The van der Waals surface area contributed by atoms with Crippen molar-refractivity contribution in [1.29, 1.82) is 0 Å². The predicted octanol–water partition coefficient (Wildman–Crippen LogP) is 2.05. The highest BCUT2D eigenvalue weighted by atomic mass is 16.5. The molecule has 0 unspecified atom stereocenters. The molecule has 33 heavy (non-hydrogen) atoms. The minimum Gasteiger partial charge on any atom is -0.383 e. The molecular formula is C23H30N8O2. The van der Waals surface area contributed by atoms with E-state index in [-0.39, 0.29) is 5.91 Å². The summed E-state index contributed by atoms with van der Waals surface area (Å²) in [5, 5.41) is 8.15. The zero-order chi connectivity index (χ0) is 23.1. The summed E-state index contributed by atoms with van der Waals surface area (Å²) in [5.74, 6) is 0.840. The van der Waals surface area contributed by atoms with Crippen molar-refractivity contribution >= 4 is 17.8 Å². The Labute approximate surface area is 193 Å². The number of nitrogens with one attached hydrogen (secondary N) is 3. The van der Waals surface area contributed by atoms with Crippen molar-refractivity contribution in [3.05, 3.63) is 72.3 Å². The third-order valence-corrected chi connectivity index (χ3v) is 4.72. The molecule has 2 heterocycles. The number of benzene rings is 1. The molecular weight excluding hydrogens is 420 g/mol. The van der Waals surface area contributed by atoms with Crippen molar-refractivity contribution in [3.8, 4) is 0 Å². The molecule has 3 aromatic rings. The van der Waals surface area contributed by atoms with E-state index in [9.17, 15) is 4.79 Å². The Morgan fingerprint density at radius 1 is 0.939 bits per heavy atom. The van der Waals surface area contributed by atoms with Crippen molar-refractivity contribution in [1.82, 2.24) is 30.7 Å². The second-order valence-corrected chi connectivity index (χ2v) is 7.21. The van der Waals surface area contributed by atoms with Crippen LogP contribution in [0.4, 0.5) is 11.9 Å². The van der Waals surface area contributed by atoms with Gasteiger partial charge in [-0.2, -0.15) is 0 Å². The molecule has 0 spiro atoms. The number of carbonyl (C=O) groups excluding carboxylic acids is 1. The van der Waals surface area contributed by atoms with Crippen molar-refractivity contribution in [2.75, 3.05) is 43.7 Å². The molecule has 2 aromatic heterocycles. The number of hydrogen-bond donors (Lipinski definition) is 3. The van der Waals surface area contributed by atoms with E-state index < -0.39 is 0 Å². The van der Waals surface area contributed by atoms with Gasteiger partial charge in [-0.15, -0.1) is 0 Å². The number of amides is 1. The second kappa shape index (κ2) is 13.7. The molecule has 1 amide bonds. The number of unbranched alkanes of at least 4 members (excludes halogenated alkanes) is 1. The number of hydrazine groups is 1. The molecule has 0 radical (unpaired) electrons. The van der Waals surface area contributed by atoms with Crippen LogP contribution >= 0.6 is 0 Å². The fourth-order valence-electron chi connectivity index (χ4n) is 2.99. The Morgan fingerprint density at radius 3 is 2.33 bits per heavy atom. The summed E-state index contributed by atoms with van der Waals surface area (Å²) in [5.41, 5.74) is 4.60. The Bertz CT molecular complexity index is 942. The van der Waals surface area contributed by atoms with Crippen LogP contribution in [0, 0.1) is 0 Å². The zero-order valence-electron chi connectivity index (χ0n) is 18.8. The van der Waals surface area contributed by atoms with E-state index in [2.05, 4.69) is 36.0 Å². The zero-order valence-corrected chi connectivity index (χ0v) is 18.8. The minimum absolute atomic E-state index is 0.211. The van der Waals surface area contributed by atoms with E-state index in [0.29, 0.717) is 30.6 Å². The van der Waals surface area contributed by atoms with E-state index in [1.807, 2.05) is 24.3 Å². The van der Waals surface area contributed by atoms with Gasteiger partial charge in [0.2, 0.25) is 11.9 Å². The first-order valence-corrected chi connectivity index (χ1v) is 10.9. The molecule has 1 aromatic carbocycles. The smallest absolute Gasteiger partial charge is 0.269 e. The summed E-state index contributed by atoms with van der Waals surface area (Å²) in [6, 6.07) is 11.0. The number of carbonyl (C=O) groups is 1. The van der Waals surface area contributed by atoms with Gasteiger partial charge in [0, 0.05) is 63.6 Å². The lowest BCUT2D eigenvalue weighted by atomic mass is 10.1. The van der Waals surface area contributed by atoms with Crippen LogP contribution in [0.2, 0.25) is 0 Å². The molecule has 3 rings (SSSR count). The molecule has 0 saturated carbocycles. The van der Waals surface area contributed by atoms with Crippen molar-refractivity contribution in [2.45, 2.75) is 19.4 Å². The monoisotopic (exact) mass is 450 g/mol. The van der Waals surface area contributed by atoms with Crippen LogP contribution in [-0.2, 0) is 11.3 Å². The Balaban J connectivity index is 1.51. The fourth-order valence-corrected chi connectivity index (χ4v) is 2.99. The summed E-state index contributed by atoms with van der Waals surface area (Å²) >= 11 is 0. The van der Waals surface area contributed by atoms with Gasteiger partial charge in [0.1, 0.15) is 0 Å². The molecule has 0 saturated heterocycles. The van der Waals surface area contributed by atoms with Gasteiger partial charge in [-0.05, 0) is 42.7 Å². The number of nitrogens with zero attached hydrogens (tertiary/aromatic N) is 5. The minimum atomic E-state index is -0.211. The number of hydrogen-bond acceptors (Lipinski definition) is 9. The maximum atomic E-state index is 12.8. The first-order chi connectivity index (χ1) is 16.3. The predicted molar refractivity (Wildman–Crippen MR) is 127 cm³/mol. The molecule has 10 heteroatoms. The summed E-state index contributed by atoms with van der Waals surface area (Å²) in [7, 11) is 1.68. The van der Waals surface area contributed by atoms with Gasteiger partial charge in [0.05, 0.1) is 6.61 Å². The van der Waals surface area contributed by atoms with Gasteiger partial charge < -0.3 is 15.4 Å². The van der Waals surface area contributed by atoms with Crippen molar-refractivity contribution in [3.63, 3.8) is 0 Å². The van der Waals surface area contributed by atoms with Gasteiger partial charge in [-0.1, -0.05) is 12.1 Å². The van der Waals surface area contributed by atoms with Crippen LogP contribution in [0.25, 0.3) is 0 Å². The maximum Gasteiger partial charge on any atom is 0.269 e. The van der Waals surface area contributed by atoms with Gasteiger partial charge in [0.15, 0.2) is 0 Å². The summed E-state index contributed by atoms with van der Waals surface area (Å²) in [6.07, 6.45) is 8.38. The van der Waals surface area contributed by atoms with Crippen LogP contribution in [-0.4, -0.2) is 59.2 Å². The highest BCUT2D eigenvalue weighted by molar-refractivity contribution is 5.94. The first kappa shape index (κ1) is 24.0. The van der Waals surface area contributed by atoms with Crippen LogP contribution < -0.4 is 21.1 Å². The SMILES string of the molecule is COCCNCc1ccc(C(=O)NN(CCCCNc2ncccn2)c2ncccn2)cc1. The quantitative estimate of drug-likeness (QED) is 0.250. The lowest BCUT2D eigenvalue weighted by molar-refractivity contribution is 0.0948. The molecule has 0 atom stereocenters. The van der Waals surface area contributed by atoms with E-state index in [4.69, 9.17) is 4.74 Å². The fraction of sp³-hybridized carbons (Fsp3) is 0.348. The molecule has 10 nitrogen and oxygen atoms in total. The topological polar surface area (TPSA) is 117 Å². The van der Waals surface area contributed by atoms with Crippen LogP contribution in [0.5, 0.6) is 0 Å². The molecule has 0 aliphatic heterocycles. The van der Waals surface area contributed by atoms with Gasteiger partial charge in [-0.3, -0.25) is 15.2 Å². The van der Waals surface area contributed by atoms with Crippen molar-refractivity contribution < 1.29 is 9.53 Å². The number of anilines is 2. The summed E-state index contributed by atoms with van der Waals surface area (Å²) in [4.78, 5) is 29.7. The number of methoxy groups -OCH3 is 1. The molecule has 0 aliphatic carbocycles. The summed E-state index contributed by atoms with van der Waals surface area (Å²) < 4.78 is 5.03. The largest absolute Gasteiger partial charge is 0.383 e. The lowest BCUT2D eigenvalue weighted by Gasteiger charge is -2.23. The van der Waals surface area contributed by atoms with Gasteiger partial charge in [0.25, 0.3) is 5.91 Å². The highest BCUT2D eigenvalue weighted by Crippen LogP contribution is 2.08. The second-order valence-electron chi connectivity index (χ2n) is 7.21. The van der Waals surface area contributed by atoms with E-state index in [0.717, 1.165) is 38.0 Å². The Kier molecular flexibility index (Phi) is 9.98. The Morgan fingerprint density at radius 2 is 1.64 bits per heavy atom. The molecule has 0 aliphatic rings. The Hall–Kier alpha value is -3.63. The third-order valence-electron chi connectivity index (χ3n) is 4.72. The van der Waals surface area contributed by atoms with E-state index in [1.54, 1.807) is 49.0 Å². The van der Waals surface area contributed by atoms with E-state index in [1.165, 1.54) is 0 Å². The van der Waals surface area contributed by atoms with Crippen LogP contribution in [0.15, 0.2) is 61.2 Å². The molecule has 3 N–H and O–H groups in total. The average molecular weight is 451 g/mol. The van der Waals surface area contributed by atoms with Gasteiger partial charge >= 0.3 is 0 Å². The third kappa shape index (κ3) is 8.43. The summed E-state index contributed by atoms with van der Waals surface area (Å²) in [6.45, 7) is 3.44. The van der Waals surface area contributed by atoms with Crippen molar-refractivity contribution in [2.24, 2.45) is 0 Å². The van der Waals surface area contributed by atoms with Crippen LogP contribution in [0.3, 0.4) is 0 Å². The average Bonchev–Trinajstić information content (AvgIpc) is 2.87. The van der Waals surface area contributed by atoms with E-state index >= 15 is 0 Å². The molecule has 0 bridgehead atoms. The standard InChI is InChI=1S/C23H30N8O2/c1-33-17-15-24-18-19-6-8-20(9-7-19)21(32)30-31(23-28-13-5-14-29-23)16-3-2-10-25-22-26-11-4-12-27-22/h4-9,11-14,24H,2-3,10,15-18H2,1H3,(H,30,32)(H,25,26,27). The highest BCUT2D eigenvalue weighted by Gasteiger charge is 2.14. The van der Waals surface area contributed by atoms with Crippen LogP contribution in [0.1, 0.15) is 28.8 Å². The maximum absolute atomic E-state index is 12.8. The lowest BCUT2D eigenvalue weighted by Crippen LogP contribution is -2.44. The number of ether oxygens (including phenoxy) is 1. The number of aromatic nitrogens is 4. The molecule has 0 fully saturated rings. The van der Waals surface area contributed by atoms with Gasteiger partial charge in [-0.25, -0.2) is 19.9 Å². The number of rotatable bonds is 14. The normalized spacial score (nSPS) is 10.6. The first-order valence-electron chi connectivity index (χ1n) is 10.9.